The summed E-state index contributed by atoms with van der Waals surface area (Å²) >= 11 is 0. The van der Waals surface area contributed by atoms with Gasteiger partial charge in [-0.25, -0.2) is 9.38 Å². The standard InChI is InChI=1S/C22H24FN3O/c1-25-13-11-22(15-25)14-24-21(27-22)26-12-10-16-4-2-3-5-19(16)20(26)17-6-8-18(23)9-7-17/h2-9,20H,10-15H2,1H3/t20-,22+/m0/s1. The molecule has 1 spiro atoms. The third kappa shape index (κ3) is 2.90. The topological polar surface area (TPSA) is 28.1 Å². The van der Waals surface area contributed by atoms with E-state index in [1.165, 1.54) is 23.3 Å². The summed E-state index contributed by atoms with van der Waals surface area (Å²) < 4.78 is 20.0. The molecule has 0 unspecified atom stereocenters. The zero-order valence-electron chi connectivity index (χ0n) is 15.6. The fraction of sp³-hybridized carbons (Fsp3) is 0.409. The predicted octanol–water partition coefficient (Wildman–Crippen LogP) is 3.23. The number of likely N-dealkylation sites (tertiary alicyclic amines) is 1. The quantitative estimate of drug-likeness (QED) is 0.777. The Labute approximate surface area is 159 Å². The summed E-state index contributed by atoms with van der Waals surface area (Å²) in [6.07, 6.45) is 1.98. The lowest BCUT2D eigenvalue weighted by Crippen LogP contribution is -2.44. The molecule has 140 valence electrons. The minimum absolute atomic E-state index is 0.00332. The van der Waals surface area contributed by atoms with Crippen LogP contribution in [0.4, 0.5) is 4.39 Å². The third-order valence-corrected chi connectivity index (χ3v) is 6.03. The van der Waals surface area contributed by atoms with Crippen molar-refractivity contribution in [3.05, 3.63) is 71.0 Å². The van der Waals surface area contributed by atoms with Crippen molar-refractivity contribution in [2.24, 2.45) is 4.99 Å². The van der Waals surface area contributed by atoms with E-state index in [1.807, 2.05) is 12.1 Å². The first-order valence-electron chi connectivity index (χ1n) is 9.66. The SMILES string of the molecule is CN1CC[C@@]2(CN=C(N3CCc4ccccc4[C@@H]3c3ccc(F)cc3)O2)C1. The molecule has 5 heteroatoms. The molecule has 1 fully saturated rings. The highest BCUT2D eigenvalue weighted by Gasteiger charge is 2.46. The van der Waals surface area contributed by atoms with Gasteiger partial charge in [-0.05, 0) is 42.3 Å². The number of rotatable bonds is 1. The highest BCUT2D eigenvalue weighted by molar-refractivity contribution is 5.78. The molecule has 0 bridgehead atoms. The third-order valence-electron chi connectivity index (χ3n) is 6.03. The average molecular weight is 365 g/mol. The van der Waals surface area contributed by atoms with Crippen molar-refractivity contribution in [3.8, 4) is 0 Å². The smallest absolute Gasteiger partial charge is 0.288 e. The van der Waals surface area contributed by atoms with Crippen molar-refractivity contribution in [2.45, 2.75) is 24.5 Å². The first-order valence-corrected chi connectivity index (χ1v) is 9.66. The Balaban J connectivity index is 1.51. The number of likely N-dealkylation sites (N-methyl/N-ethyl adjacent to an activating group) is 1. The highest BCUT2D eigenvalue weighted by Crippen LogP contribution is 2.38. The molecular formula is C22H24FN3O. The van der Waals surface area contributed by atoms with E-state index < -0.39 is 0 Å². The van der Waals surface area contributed by atoms with Crippen LogP contribution < -0.4 is 0 Å². The first-order chi connectivity index (χ1) is 13.1. The van der Waals surface area contributed by atoms with E-state index in [0.717, 1.165) is 50.6 Å². The van der Waals surface area contributed by atoms with E-state index in [2.05, 4.69) is 41.1 Å². The van der Waals surface area contributed by atoms with Gasteiger partial charge in [0, 0.05) is 26.1 Å². The van der Waals surface area contributed by atoms with Crippen molar-refractivity contribution in [3.63, 3.8) is 0 Å². The van der Waals surface area contributed by atoms with E-state index in [0.29, 0.717) is 0 Å². The molecule has 0 amide bonds. The van der Waals surface area contributed by atoms with Crippen molar-refractivity contribution in [1.82, 2.24) is 9.80 Å². The van der Waals surface area contributed by atoms with Crippen LogP contribution >= 0.6 is 0 Å². The molecule has 0 aromatic heterocycles. The number of nitrogens with zero attached hydrogens (tertiary/aromatic N) is 3. The summed E-state index contributed by atoms with van der Waals surface area (Å²) in [5.74, 6) is -0.211. The van der Waals surface area contributed by atoms with E-state index in [9.17, 15) is 4.39 Å². The molecule has 0 saturated carbocycles. The fourth-order valence-electron chi connectivity index (χ4n) is 4.65. The second-order valence-corrected chi connectivity index (χ2v) is 7.97. The van der Waals surface area contributed by atoms with Gasteiger partial charge >= 0.3 is 0 Å². The van der Waals surface area contributed by atoms with E-state index in [4.69, 9.17) is 9.73 Å². The molecule has 4 nitrogen and oxygen atoms in total. The predicted molar refractivity (Wildman–Crippen MR) is 103 cm³/mol. The summed E-state index contributed by atoms with van der Waals surface area (Å²) in [7, 11) is 2.13. The summed E-state index contributed by atoms with van der Waals surface area (Å²) in [4.78, 5) is 9.39. The molecule has 0 aliphatic carbocycles. The molecule has 0 radical (unpaired) electrons. The van der Waals surface area contributed by atoms with Crippen LogP contribution in [0.1, 0.15) is 29.2 Å². The molecule has 5 rings (SSSR count). The molecule has 3 heterocycles. The van der Waals surface area contributed by atoms with E-state index in [-0.39, 0.29) is 17.5 Å². The Morgan fingerprint density at radius 1 is 1.11 bits per heavy atom. The molecule has 2 atom stereocenters. The molecule has 3 aliphatic heterocycles. The van der Waals surface area contributed by atoms with Gasteiger partial charge in [-0.3, -0.25) is 0 Å². The number of fused-ring (bicyclic) bond motifs is 1. The summed E-state index contributed by atoms with van der Waals surface area (Å²) in [6, 6.07) is 16.1. The number of amidine groups is 1. The summed E-state index contributed by atoms with van der Waals surface area (Å²) in [5, 5.41) is 0. The van der Waals surface area contributed by atoms with Crippen LogP contribution in [-0.2, 0) is 11.2 Å². The van der Waals surface area contributed by atoms with Crippen LogP contribution in [0.5, 0.6) is 0 Å². The minimum atomic E-state index is -0.211. The zero-order chi connectivity index (χ0) is 18.4. The van der Waals surface area contributed by atoms with E-state index in [1.54, 1.807) is 0 Å². The number of halogens is 1. The normalized spacial score (nSPS) is 27.6. The number of ether oxygens (including phenoxy) is 1. The maximum absolute atomic E-state index is 13.5. The van der Waals surface area contributed by atoms with Crippen molar-refractivity contribution in [1.29, 1.82) is 0 Å². The summed E-state index contributed by atoms with van der Waals surface area (Å²) in [5.41, 5.74) is 3.50. The minimum Gasteiger partial charge on any atom is -0.455 e. The van der Waals surface area contributed by atoms with Crippen molar-refractivity contribution < 1.29 is 9.13 Å². The van der Waals surface area contributed by atoms with Crippen LogP contribution in [0.15, 0.2) is 53.5 Å². The van der Waals surface area contributed by atoms with Crippen LogP contribution in [-0.4, -0.2) is 54.6 Å². The monoisotopic (exact) mass is 365 g/mol. The van der Waals surface area contributed by atoms with Gasteiger partial charge in [-0.2, -0.15) is 0 Å². The molecule has 2 aromatic rings. The van der Waals surface area contributed by atoms with Crippen LogP contribution in [0, 0.1) is 5.82 Å². The lowest BCUT2D eigenvalue weighted by molar-refractivity contribution is 0.0726. The van der Waals surface area contributed by atoms with Gasteiger partial charge in [-0.15, -0.1) is 0 Å². The van der Waals surface area contributed by atoms with Gasteiger partial charge in [0.2, 0.25) is 0 Å². The second-order valence-electron chi connectivity index (χ2n) is 7.97. The van der Waals surface area contributed by atoms with Crippen molar-refractivity contribution >= 4 is 6.02 Å². The maximum Gasteiger partial charge on any atom is 0.288 e. The van der Waals surface area contributed by atoms with Crippen molar-refractivity contribution in [2.75, 3.05) is 33.2 Å². The van der Waals surface area contributed by atoms with Gasteiger partial charge in [0.05, 0.1) is 12.6 Å². The Hall–Kier alpha value is -2.40. The summed E-state index contributed by atoms with van der Waals surface area (Å²) in [6.45, 7) is 3.55. The van der Waals surface area contributed by atoms with Crippen LogP contribution in [0.25, 0.3) is 0 Å². The largest absolute Gasteiger partial charge is 0.455 e. The lowest BCUT2D eigenvalue weighted by Gasteiger charge is -2.39. The number of hydrogen-bond acceptors (Lipinski definition) is 4. The zero-order valence-corrected chi connectivity index (χ0v) is 15.6. The molecule has 2 aromatic carbocycles. The number of hydrogen-bond donors (Lipinski definition) is 0. The molecule has 1 saturated heterocycles. The Bertz CT molecular complexity index is 881. The average Bonchev–Trinajstić information content (AvgIpc) is 3.27. The van der Waals surface area contributed by atoms with Crippen LogP contribution in [0.3, 0.4) is 0 Å². The van der Waals surface area contributed by atoms with Crippen LogP contribution in [0.2, 0.25) is 0 Å². The first kappa shape index (κ1) is 16.8. The van der Waals surface area contributed by atoms with Gasteiger partial charge in [0.1, 0.15) is 11.4 Å². The Morgan fingerprint density at radius 2 is 1.93 bits per heavy atom. The van der Waals surface area contributed by atoms with Gasteiger partial charge in [0.25, 0.3) is 6.02 Å². The van der Waals surface area contributed by atoms with Gasteiger partial charge in [-0.1, -0.05) is 36.4 Å². The molecular weight excluding hydrogens is 341 g/mol. The Kier molecular flexibility index (Phi) is 3.93. The highest BCUT2D eigenvalue weighted by atomic mass is 19.1. The molecule has 0 N–H and O–H groups in total. The number of aliphatic imine (C=N–C) groups is 1. The van der Waals surface area contributed by atoms with Gasteiger partial charge in [0.15, 0.2) is 0 Å². The molecule has 3 aliphatic rings. The molecule has 27 heavy (non-hydrogen) atoms. The fourth-order valence-corrected chi connectivity index (χ4v) is 4.65. The Morgan fingerprint density at radius 3 is 2.70 bits per heavy atom. The van der Waals surface area contributed by atoms with Gasteiger partial charge < -0.3 is 14.5 Å². The second kappa shape index (κ2) is 6.34. The van der Waals surface area contributed by atoms with E-state index >= 15 is 0 Å². The lowest BCUT2D eigenvalue weighted by atomic mass is 9.88. The number of benzene rings is 2. The maximum atomic E-state index is 13.5.